The largest absolute Gasteiger partial charge is 0.309 e. The van der Waals surface area contributed by atoms with E-state index >= 15 is 0 Å². The SMILES string of the molecule is c1ccc(-c2cc(-c3ccccc3)c(N(c3ccccc3)c3cccc([Si](c4ccccc4)(c4ccccc4)c4ccccc4)c3)c(-c3ccccc3)c2)cc1. The Labute approximate surface area is 331 Å². The predicted octanol–water partition coefficient (Wildman–Crippen LogP) is 11.5. The molecule has 0 bridgehead atoms. The monoisotopic (exact) mass is 731 g/mol. The molecule has 0 amide bonds. The first kappa shape index (κ1) is 34.7. The van der Waals surface area contributed by atoms with E-state index in [1.165, 1.54) is 31.9 Å². The van der Waals surface area contributed by atoms with Crippen LogP contribution in [0.1, 0.15) is 0 Å². The highest BCUT2D eigenvalue weighted by atomic mass is 28.3. The van der Waals surface area contributed by atoms with Gasteiger partial charge in [-0.1, -0.05) is 212 Å². The molecular formula is C54H41NSi. The Hall–Kier alpha value is -7.00. The highest BCUT2D eigenvalue weighted by molar-refractivity contribution is 7.19. The first-order valence-corrected chi connectivity index (χ1v) is 21.3. The molecule has 0 aliphatic carbocycles. The zero-order chi connectivity index (χ0) is 37.6. The van der Waals surface area contributed by atoms with Crippen molar-refractivity contribution in [1.82, 2.24) is 0 Å². The van der Waals surface area contributed by atoms with Crippen LogP contribution in [-0.4, -0.2) is 8.07 Å². The summed E-state index contributed by atoms with van der Waals surface area (Å²) >= 11 is 0. The van der Waals surface area contributed by atoms with Crippen LogP contribution >= 0.6 is 0 Å². The van der Waals surface area contributed by atoms with E-state index in [-0.39, 0.29) is 0 Å². The second-order valence-corrected chi connectivity index (χ2v) is 17.9. The summed E-state index contributed by atoms with van der Waals surface area (Å²) < 4.78 is 0. The predicted molar refractivity (Wildman–Crippen MR) is 241 cm³/mol. The van der Waals surface area contributed by atoms with Crippen molar-refractivity contribution in [3.63, 3.8) is 0 Å². The maximum Gasteiger partial charge on any atom is 0.179 e. The second kappa shape index (κ2) is 15.8. The van der Waals surface area contributed by atoms with Crippen LogP contribution in [0.4, 0.5) is 17.1 Å². The van der Waals surface area contributed by atoms with Gasteiger partial charge in [-0.2, -0.15) is 0 Å². The lowest BCUT2D eigenvalue weighted by molar-refractivity contribution is 1.29. The van der Waals surface area contributed by atoms with E-state index in [9.17, 15) is 0 Å². The molecule has 9 rings (SSSR count). The van der Waals surface area contributed by atoms with Gasteiger partial charge < -0.3 is 4.90 Å². The topological polar surface area (TPSA) is 3.24 Å². The lowest BCUT2D eigenvalue weighted by atomic mass is 9.90. The molecule has 1 nitrogen and oxygen atoms in total. The molecule has 0 spiro atoms. The minimum Gasteiger partial charge on any atom is -0.309 e. The molecule has 266 valence electrons. The molecule has 0 unspecified atom stereocenters. The number of benzene rings is 9. The Morgan fingerprint density at radius 2 is 0.589 bits per heavy atom. The highest BCUT2D eigenvalue weighted by Crippen LogP contribution is 2.48. The van der Waals surface area contributed by atoms with Crippen LogP contribution in [0.3, 0.4) is 0 Å². The number of hydrogen-bond donors (Lipinski definition) is 0. The minimum atomic E-state index is -2.81. The number of nitrogens with zero attached hydrogens (tertiary/aromatic N) is 1. The summed E-state index contributed by atoms with van der Waals surface area (Å²) in [5.41, 5.74) is 10.4. The molecule has 0 N–H and O–H groups in total. The zero-order valence-electron chi connectivity index (χ0n) is 31.1. The van der Waals surface area contributed by atoms with E-state index < -0.39 is 8.07 Å². The van der Waals surface area contributed by atoms with E-state index in [0.29, 0.717) is 0 Å². The molecule has 0 saturated carbocycles. The lowest BCUT2D eigenvalue weighted by Gasteiger charge is -2.36. The standard InChI is InChI=1S/C54H41NSi/c1-8-23-42(24-9-1)45-39-52(43-25-10-2-11-26-43)54(53(40-45)44-27-12-3-13-28-44)55(46-29-14-4-15-30-46)47-31-22-38-51(41-47)56(48-32-16-5-17-33-48,49-34-18-6-19-35-49)50-36-20-7-21-37-50/h1-41H. The number of anilines is 3. The van der Waals surface area contributed by atoms with Crippen LogP contribution in [0.15, 0.2) is 249 Å². The fourth-order valence-corrected chi connectivity index (χ4v) is 13.1. The van der Waals surface area contributed by atoms with Crippen molar-refractivity contribution < 1.29 is 0 Å². The maximum atomic E-state index is 2.49. The minimum absolute atomic E-state index is 1.10. The summed E-state index contributed by atoms with van der Waals surface area (Å²) in [5.74, 6) is 0. The van der Waals surface area contributed by atoms with E-state index in [4.69, 9.17) is 0 Å². The van der Waals surface area contributed by atoms with Crippen LogP contribution in [-0.2, 0) is 0 Å². The number of hydrogen-bond acceptors (Lipinski definition) is 1. The third kappa shape index (κ3) is 6.57. The molecule has 0 atom stereocenters. The average molecular weight is 732 g/mol. The molecule has 0 aliphatic heterocycles. The Morgan fingerprint density at radius 3 is 1.02 bits per heavy atom. The van der Waals surface area contributed by atoms with Gasteiger partial charge in [0.15, 0.2) is 8.07 Å². The molecule has 0 saturated heterocycles. The van der Waals surface area contributed by atoms with Crippen molar-refractivity contribution in [2.24, 2.45) is 0 Å². The summed E-state index contributed by atoms with van der Waals surface area (Å²) in [6, 6.07) is 91.0. The molecule has 9 aromatic carbocycles. The summed E-state index contributed by atoms with van der Waals surface area (Å²) in [6.07, 6.45) is 0. The van der Waals surface area contributed by atoms with Crippen molar-refractivity contribution in [1.29, 1.82) is 0 Å². The van der Waals surface area contributed by atoms with Crippen LogP contribution in [0.2, 0.25) is 0 Å². The molecule has 0 aromatic heterocycles. The van der Waals surface area contributed by atoms with Crippen LogP contribution in [0.25, 0.3) is 33.4 Å². The molecule has 0 fully saturated rings. The summed E-state index contributed by atoms with van der Waals surface area (Å²) in [5, 5.41) is 5.37. The molecule has 0 aliphatic rings. The number of rotatable bonds is 10. The molecular weight excluding hydrogens is 691 g/mol. The Kier molecular flexibility index (Phi) is 9.78. The van der Waals surface area contributed by atoms with E-state index in [2.05, 4.69) is 254 Å². The molecule has 9 aromatic rings. The fourth-order valence-electron chi connectivity index (χ4n) is 8.28. The number of para-hydroxylation sites is 1. The highest BCUT2D eigenvalue weighted by Gasteiger charge is 2.41. The first-order chi connectivity index (χ1) is 27.8. The van der Waals surface area contributed by atoms with Crippen molar-refractivity contribution in [2.45, 2.75) is 0 Å². The van der Waals surface area contributed by atoms with Gasteiger partial charge in [0.2, 0.25) is 0 Å². The van der Waals surface area contributed by atoms with Gasteiger partial charge in [-0.05, 0) is 79.4 Å². The summed E-state index contributed by atoms with van der Waals surface area (Å²) in [7, 11) is -2.81. The van der Waals surface area contributed by atoms with Gasteiger partial charge in [0, 0.05) is 22.5 Å². The summed E-state index contributed by atoms with van der Waals surface area (Å²) in [6.45, 7) is 0. The molecule has 0 heterocycles. The molecule has 56 heavy (non-hydrogen) atoms. The zero-order valence-corrected chi connectivity index (χ0v) is 32.1. The van der Waals surface area contributed by atoms with Gasteiger partial charge in [0.1, 0.15) is 0 Å². The van der Waals surface area contributed by atoms with Gasteiger partial charge >= 0.3 is 0 Å². The first-order valence-electron chi connectivity index (χ1n) is 19.3. The normalized spacial score (nSPS) is 11.2. The Morgan fingerprint density at radius 1 is 0.250 bits per heavy atom. The van der Waals surface area contributed by atoms with Gasteiger partial charge in [0.05, 0.1) is 5.69 Å². The van der Waals surface area contributed by atoms with Crippen LogP contribution in [0.5, 0.6) is 0 Å². The Bertz CT molecular complexity index is 2490. The fraction of sp³-hybridized carbons (Fsp3) is 0. The van der Waals surface area contributed by atoms with E-state index in [1.807, 2.05) is 0 Å². The van der Waals surface area contributed by atoms with E-state index in [1.54, 1.807) is 0 Å². The van der Waals surface area contributed by atoms with Crippen LogP contribution in [0, 0.1) is 0 Å². The van der Waals surface area contributed by atoms with Crippen molar-refractivity contribution in [3.05, 3.63) is 249 Å². The van der Waals surface area contributed by atoms with Gasteiger partial charge in [-0.15, -0.1) is 0 Å². The van der Waals surface area contributed by atoms with Gasteiger partial charge in [-0.3, -0.25) is 0 Å². The van der Waals surface area contributed by atoms with E-state index in [0.717, 1.165) is 39.3 Å². The van der Waals surface area contributed by atoms with Gasteiger partial charge in [-0.25, -0.2) is 0 Å². The molecule has 0 radical (unpaired) electrons. The smallest absolute Gasteiger partial charge is 0.179 e. The third-order valence-corrected chi connectivity index (χ3v) is 15.6. The van der Waals surface area contributed by atoms with Crippen LogP contribution < -0.4 is 25.6 Å². The quantitative estimate of drug-likeness (QED) is 0.1000. The second-order valence-electron chi connectivity index (χ2n) is 14.1. The van der Waals surface area contributed by atoms with Crippen molar-refractivity contribution in [2.75, 3.05) is 4.90 Å². The van der Waals surface area contributed by atoms with Crippen molar-refractivity contribution >= 4 is 45.9 Å². The maximum absolute atomic E-state index is 2.81. The summed E-state index contributed by atoms with van der Waals surface area (Å²) in [4.78, 5) is 2.49. The molecule has 2 heteroatoms. The third-order valence-electron chi connectivity index (χ3n) is 10.8. The average Bonchev–Trinajstić information content (AvgIpc) is 3.29. The van der Waals surface area contributed by atoms with Crippen molar-refractivity contribution in [3.8, 4) is 33.4 Å². The van der Waals surface area contributed by atoms with Gasteiger partial charge in [0.25, 0.3) is 0 Å². The lowest BCUT2D eigenvalue weighted by Crippen LogP contribution is -2.74. The Balaban J connectivity index is 1.38.